The SMILES string of the molecule is CNCC1Cc2cc(F)c(CNS(=O)(=O)c3cnn(C)c3)cc2C1Cc1cccc(F)c1. The number of hydrogen-bond acceptors (Lipinski definition) is 4. The zero-order valence-electron chi connectivity index (χ0n) is 18.0. The fourth-order valence-corrected chi connectivity index (χ4v) is 5.47. The predicted octanol–water partition coefficient (Wildman–Crippen LogP) is 2.89. The largest absolute Gasteiger partial charge is 0.319 e. The highest BCUT2D eigenvalue weighted by Gasteiger charge is 2.33. The van der Waals surface area contributed by atoms with E-state index in [2.05, 4.69) is 15.1 Å². The van der Waals surface area contributed by atoms with Crippen molar-refractivity contribution in [3.8, 4) is 0 Å². The molecule has 2 unspecified atom stereocenters. The van der Waals surface area contributed by atoms with Crippen LogP contribution in [0.2, 0.25) is 0 Å². The minimum Gasteiger partial charge on any atom is -0.319 e. The van der Waals surface area contributed by atoms with Crippen molar-refractivity contribution in [2.75, 3.05) is 13.6 Å². The first-order valence-corrected chi connectivity index (χ1v) is 11.9. The minimum absolute atomic E-state index is 0.0274. The summed E-state index contributed by atoms with van der Waals surface area (Å²) in [4.78, 5) is 0.0274. The Labute approximate surface area is 186 Å². The first kappa shape index (κ1) is 22.6. The van der Waals surface area contributed by atoms with Gasteiger partial charge < -0.3 is 5.32 Å². The summed E-state index contributed by atoms with van der Waals surface area (Å²) in [5, 5.41) is 7.07. The summed E-state index contributed by atoms with van der Waals surface area (Å²) in [5.74, 6) is -0.406. The van der Waals surface area contributed by atoms with Crippen molar-refractivity contribution < 1.29 is 17.2 Å². The Morgan fingerprint density at radius 1 is 1.22 bits per heavy atom. The molecule has 0 aliphatic heterocycles. The highest BCUT2D eigenvalue weighted by atomic mass is 32.2. The molecule has 1 aromatic heterocycles. The van der Waals surface area contributed by atoms with Crippen molar-refractivity contribution in [1.29, 1.82) is 0 Å². The van der Waals surface area contributed by atoms with Gasteiger partial charge in [0.2, 0.25) is 10.0 Å². The van der Waals surface area contributed by atoms with Crippen molar-refractivity contribution in [2.45, 2.75) is 30.2 Å². The second kappa shape index (κ2) is 9.09. The fraction of sp³-hybridized carbons (Fsp3) is 0.348. The van der Waals surface area contributed by atoms with E-state index >= 15 is 0 Å². The number of aromatic nitrogens is 2. The van der Waals surface area contributed by atoms with Crippen molar-refractivity contribution in [2.24, 2.45) is 13.0 Å². The zero-order chi connectivity index (χ0) is 22.9. The van der Waals surface area contributed by atoms with Crippen LogP contribution in [0.25, 0.3) is 0 Å². The number of fused-ring (bicyclic) bond motifs is 1. The molecule has 0 radical (unpaired) electrons. The number of halogens is 2. The molecular formula is C23H26F2N4O2S. The molecule has 2 atom stereocenters. The number of nitrogens with one attached hydrogen (secondary N) is 2. The van der Waals surface area contributed by atoms with Crippen LogP contribution in [-0.2, 0) is 36.5 Å². The van der Waals surface area contributed by atoms with Crippen LogP contribution in [0.1, 0.15) is 28.2 Å². The summed E-state index contributed by atoms with van der Waals surface area (Å²) in [6.07, 6.45) is 3.98. The first-order valence-electron chi connectivity index (χ1n) is 10.5. The average Bonchev–Trinajstić information content (AvgIpc) is 3.31. The van der Waals surface area contributed by atoms with Crippen molar-refractivity contribution in [3.63, 3.8) is 0 Å². The number of benzene rings is 2. The molecule has 1 heterocycles. The molecule has 0 saturated carbocycles. The molecule has 4 rings (SSSR count). The molecule has 170 valence electrons. The van der Waals surface area contributed by atoms with Gasteiger partial charge in [-0.15, -0.1) is 0 Å². The quantitative estimate of drug-likeness (QED) is 0.542. The van der Waals surface area contributed by atoms with Gasteiger partial charge in [0, 0.05) is 25.4 Å². The average molecular weight is 461 g/mol. The highest BCUT2D eigenvalue weighted by Crippen LogP contribution is 2.41. The molecule has 3 aromatic rings. The molecule has 0 fully saturated rings. The Morgan fingerprint density at radius 3 is 2.72 bits per heavy atom. The molecule has 2 N–H and O–H groups in total. The number of aryl methyl sites for hydroxylation is 1. The van der Waals surface area contributed by atoms with E-state index in [4.69, 9.17) is 0 Å². The monoisotopic (exact) mass is 460 g/mol. The molecule has 0 amide bonds. The number of sulfonamides is 1. The molecule has 32 heavy (non-hydrogen) atoms. The van der Waals surface area contributed by atoms with Crippen LogP contribution >= 0.6 is 0 Å². The van der Waals surface area contributed by atoms with Crippen LogP contribution in [-0.4, -0.2) is 31.8 Å². The predicted molar refractivity (Wildman–Crippen MR) is 118 cm³/mol. The van der Waals surface area contributed by atoms with Crippen molar-refractivity contribution in [1.82, 2.24) is 19.8 Å². The second-order valence-corrected chi connectivity index (χ2v) is 10.0. The van der Waals surface area contributed by atoms with Gasteiger partial charge in [-0.2, -0.15) is 5.10 Å². The molecule has 9 heteroatoms. The molecule has 0 spiro atoms. The summed E-state index contributed by atoms with van der Waals surface area (Å²) in [7, 11) is -0.305. The summed E-state index contributed by atoms with van der Waals surface area (Å²) >= 11 is 0. The number of hydrogen-bond donors (Lipinski definition) is 2. The second-order valence-electron chi connectivity index (χ2n) is 8.28. The molecule has 1 aliphatic carbocycles. The molecular weight excluding hydrogens is 434 g/mol. The summed E-state index contributed by atoms with van der Waals surface area (Å²) in [6, 6.07) is 9.80. The Kier molecular flexibility index (Phi) is 6.41. The molecule has 0 saturated heterocycles. The lowest BCUT2D eigenvalue weighted by Crippen LogP contribution is -2.24. The topological polar surface area (TPSA) is 76.0 Å². The Balaban J connectivity index is 1.60. The van der Waals surface area contributed by atoms with E-state index in [-0.39, 0.29) is 34.7 Å². The Morgan fingerprint density at radius 2 is 2.03 bits per heavy atom. The van der Waals surface area contributed by atoms with Crippen molar-refractivity contribution in [3.05, 3.63) is 82.7 Å². The lowest BCUT2D eigenvalue weighted by Gasteiger charge is -2.21. The molecule has 0 bridgehead atoms. The zero-order valence-corrected chi connectivity index (χ0v) is 18.8. The normalized spacial score (nSPS) is 18.1. The van der Waals surface area contributed by atoms with E-state index in [9.17, 15) is 17.2 Å². The Bertz CT molecular complexity index is 1230. The first-order chi connectivity index (χ1) is 15.3. The van der Waals surface area contributed by atoms with Gasteiger partial charge in [-0.25, -0.2) is 21.9 Å². The smallest absolute Gasteiger partial charge is 0.243 e. The van der Waals surface area contributed by atoms with Gasteiger partial charge in [0.25, 0.3) is 0 Å². The lowest BCUT2D eigenvalue weighted by molar-refractivity contribution is 0.435. The maximum atomic E-state index is 14.8. The summed E-state index contributed by atoms with van der Waals surface area (Å²) < 4.78 is 57.4. The fourth-order valence-electron chi connectivity index (χ4n) is 4.48. The standard InChI is InChI=1S/C23H26F2N4O2S/c1-26-11-17-8-16-10-23(25)18(12-28-32(30,31)20-13-27-29(2)14-20)9-22(16)21(17)7-15-4-3-5-19(24)6-15/h3-6,9-10,13-14,17,21,26,28H,7-8,11-12H2,1-2H3. The van der Waals surface area contributed by atoms with Gasteiger partial charge in [-0.1, -0.05) is 18.2 Å². The van der Waals surface area contributed by atoms with E-state index in [1.165, 1.54) is 35.3 Å². The van der Waals surface area contributed by atoms with Crippen LogP contribution in [0.3, 0.4) is 0 Å². The summed E-state index contributed by atoms with van der Waals surface area (Å²) in [5.41, 5.74) is 3.08. The Hall–Kier alpha value is -2.62. The van der Waals surface area contributed by atoms with Crippen LogP contribution in [0.5, 0.6) is 0 Å². The van der Waals surface area contributed by atoms with Gasteiger partial charge in [-0.05, 0) is 73.2 Å². The molecule has 6 nitrogen and oxygen atoms in total. The lowest BCUT2D eigenvalue weighted by atomic mass is 9.86. The van der Waals surface area contributed by atoms with Gasteiger partial charge in [0.15, 0.2) is 0 Å². The molecule has 1 aliphatic rings. The number of nitrogens with zero attached hydrogens (tertiary/aromatic N) is 2. The van der Waals surface area contributed by atoms with Crippen LogP contribution in [0.15, 0.2) is 53.7 Å². The maximum absolute atomic E-state index is 14.8. The van der Waals surface area contributed by atoms with Crippen LogP contribution in [0.4, 0.5) is 8.78 Å². The van der Waals surface area contributed by atoms with E-state index in [0.29, 0.717) is 6.42 Å². The van der Waals surface area contributed by atoms with Gasteiger partial charge in [0.1, 0.15) is 16.5 Å². The summed E-state index contributed by atoms with van der Waals surface area (Å²) in [6.45, 7) is 0.582. The van der Waals surface area contributed by atoms with Crippen LogP contribution < -0.4 is 10.0 Å². The highest BCUT2D eigenvalue weighted by molar-refractivity contribution is 7.89. The van der Waals surface area contributed by atoms with E-state index in [1.54, 1.807) is 19.2 Å². The molecule has 2 aromatic carbocycles. The third-order valence-corrected chi connectivity index (χ3v) is 7.37. The third-order valence-electron chi connectivity index (χ3n) is 6.01. The van der Waals surface area contributed by atoms with Crippen molar-refractivity contribution >= 4 is 10.0 Å². The number of rotatable bonds is 8. The minimum atomic E-state index is -3.81. The van der Waals surface area contributed by atoms with E-state index in [0.717, 1.165) is 29.7 Å². The van der Waals surface area contributed by atoms with E-state index < -0.39 is 15.8 Å². The van der Waals surface area contributed by atoms with Gasteiger partial charge in [-0.3, -0.25) is 4.68 Å². The third kappa shape index (κ3) is 4.74. The van der Waals surface area contributed by atoms with Crippen LogP contribution in [0, 0.1) is 17.6 Å². The maximum Gasteiger partial charge on any atom is 0.243 e. The van der Waals surface area contributed by atoms with E-state index in [1.807, 2.05) is 13.1 Å². The van der Waals surface area contributed by atoms with Gasteiger partial charge in [0.05, 0.1) is 6.20 Å². The van der Waals surface area contributed by atoms with Gasteiger partial charge >= 0.3 is 0 Å².